The van der Waals surface area contributed by atoms with Gasteiger partial charge in [-0.05, 0) is 43.5 Å². The van der Waals surface area contributed by atoms with Crippen LogP contribution in [0.15, 0.2) is 29.2 Å². The molecule has 1 aromatic carbocycles. The molecular weight excluding hydrogens is 354 g/mol. The zero-order valence-electron chi connectivity index (χ0n) is 13.1. The Balaban J connectivity index is 1.85. The third-order valence-corrected chi connectivity index (χ3v) is 6.22. The van der Waals surface area contributed by atoms with Crippen molar-refractivity contribution in [2.75, 3.05) is 12.3 Å². The van der Waals surface area contributed by atoms with Crippen molar-refractivity contribution in [3.05, 3.63) is 29.3 Å². The van der Waals surface area contributed by atoms with E-state index in [2.05, 4.69) is 5.32 Å². The van der Waals surface area contributed by atoms with Gasteiger partial charge < -0.3 is 10.4 Å². The molecule has 1 fully saturated rings. The van der Waals surface area contributed by atoms with Crippen molar-refractivity contribution in [2.24, 2.45) is 11.8 Å². The molecule has 0 aliphatic heterocycles. The number of carboxylic acid groups (broad SMARTS) is 1. The smallest absolute Gasteiger partial charge is 0.306 e. The van der Waals surface area contributed by atoms with Crippen LogP contribution in [-0.4, -0.2) is 37.7 Å². The van der Waals surface area contributed by atoms with Gasteiger partial charge in [-0.15, -0.1) is 0 Å². The molecule has 8 heteroatoms. The van der Waals surface area contributed by atoms with Gasteiger partial charge in [0.1, 0.15) is 0 Å². The second-order valence-corrected chi connectivity index (χ2v) is 8.51. The summed E-state index contributed by atoms with van der Waals surface area (Å²) >= 11 is 5.73. The van der Waals surface area contributed by atoms with Crippen LogP contribution in [0.3, 0.4) is 0 Å². The van der Waals surface area contributed by atoms with E-state index in [4.69, 9.17) is 16.7 Å². The molecule has 2 rings (SSSR count). The fraction of sp³-hybridized carbons (Fsp3) is 0.500. The molecule has 24 heavy (non-hydrogen) atoms. The minimum Gasteiger partial charge on any atom is -0.481 e. The van der Waals surface area contributed by atoms with Crippen molar-refractivity contribution in [3.8, 4) is 0 Å². The number of carbonyl (C=O) groups excluding carboxylic acids is 1. The highest BCUT2D eigenvalue weighted by Crippen LogP contribution is 2.29. The molecule has 1 saturated carbocycles. The summed E-state index contributed by atoms with van der Waals surface area (Å²) < 4.78 is 24.3. The Morgan fingerprint density at radius 2 is 1.79 bits per heavy atom. The maximum absolute atomic E-state index is 12.2. The molecule has 0 saturated heterocycles. The van der Waals surface area contributed by atoms with Gasteiger partial charge >= 0.3 is 5.97 Å². The van der Waals surface area contributed by atoms with E-state index in [0.717, 1.165) is 0 Å². The summed E-state index contributed by atoms with van der Waals surface area (Å²) in [6.07, 6.45) is 2.23. The van der Waals surface area contributed by atoms with Crippen molar-refractivity contribution in [3.63, 3.8) is 0 Å². The minimum atomic E-state index is -3.50. The topological polar surface area (TPSA) is 101 Å². The summed E-state index contributed by atoms with van der Waals surface area (Å²) in [5.41, 5.74) is 0. The highest BCUT2D eigenvalue weighted by molar-refractivity contribution is 7.91. The number of amides is 1. The largest absolute Gasteiger partial charge is 0.481 e. The van der Waals surface area contributed by atoms with Gasteiger partial charge in [0.05, 0.1) is 16.6 Å². The Bertz CT molecular complexity index is 702. The molecule has 1 aliphatic carbocycles. The molecule has 1 aromatic rings. The van der Waals surface area contributed by atoms with Crippen LogP contribution in [0.25, 0.3) is 0 Å². The first-order valence-corrected chi connectivity index (χ1v) is 9.81. The van der Waals surface area contributed by atoms with Gasteiger partial charge in [-0.2, -0.15) is 0 Å². The molecule has 0 aromatic heterocycles. The lowest BCUT2D eigenvalue weighted by atomic mass is 9.81. The van der Waals surface area contributed by atoms with Gasteiger partial charge in [0.25, 0.3) is 0 Å². The second kappa shape index (κ2) is 7.98. The quantitative estimate of drug-likeness (QED) is 0.795. The van der Waals surface area contributed by atoms with E-state index in [-0.39, 0.29) is 29.0 Å². The standard InChI is InChI=1S/C16H20ClNO5S/c17-13-4-6-14(7-5-13)24(22,23)9-8-18-15(19)11-2-1-3-12(10-11)16(20)21/h4-7,11-12H,1-3,8-10H2,(H,18,19)(H,20,21). The van der Waals surface area contributed by atoms with Crippen LogP contribution in [-0.2, 0) is 19.4 Å². The van der Waals surface area contributed by atoms with E-state index in [1.807, 2.05) is 0 Å². The number of aliphatic carboxylic acids is 1. The third-order valence-electron chi connectivity index (χ3n) is 4.24. The Morgan fingerprint density at radius 1 is 1.17 bits per heavy atom. The van der Waals surface area contributed by atoms with Gasteiger partial charge in [-0.25, -0.2) is 8.42 Å². The Hall–Kier alpha value is -1.60. The van der Waals surface area contributed by atoms with Crippen LogP contribution in [0.4, 0.5) is 0 Å². The van der Waals surface area contributed by atoms with Gasteiger partial charge in [0.2, 0.25) is 5.91 Å². The number of hydrogen-bond donors (Lipinski definition) is 2. The van der Waals surface area contributed by atoms with E-state index in [9.17, 15) is 18.0 Å². The fourth-order valence-corrected chi connectivity index (χ4v) is 4.15. The van der Waals surface area contributed by atoms with Gasteiger partial charge in [0.15, 0.2) is 9.84 Å². The highest BCUT2D eigenvalue weighted by Gasteiger charge is 2.31. The molecular formula is C16H20ClNO5S. The van der Waals surface area contributed by atoms with Gasteiger partial charge in [-0.3, -0.25) is 9.59 Å². The third kappa shape index (κ3) is 4.95. The fourth-order valence-electron chi connectivity index (χ4n) is 2.86. The van der Waals surface area contributed by atoms with E-state index < -0.39 is 21.7 Å². The van der Waals surface area contributed by atoms with Crippen LogP contribution < -0.4 is 5.32 Å². The maximum atomic E-state index is 12.2. The lowest BCUT2D eigenvalue weighted by Crippen LogP contribution is -2.37. The average Bonchev–Trinajstić information content (AvgIpc) is 2.55. The number of carboxylic acids is 1. The monoisotopic (exact) mass is 373 g/mol. The number of carbonyl (C=O) groups is 2. The summed E-state index contributed by atoms with van der Waals surface area (Å²) in [4.78, 5) is 23.3. The lowest BCUT2D eigenvalue weighted by Gasteiger charge is -2.25. The molecule has 6 nitrogen and oxygen atoms in total. The normalized spacial score (nSPS) is 21.2. The van der Waals surface area contributed by atoms with Crippen molar-refractivity contribution in [1.29, 1.82) is 0 Å². The summed E-state index contributed by atoms with van der Waals surface area (Å²) in [5.74, 6) is -2.22. The number of halogens is 1. The molecule has 2 unspecified atom stereocenters. The molecule has 0 bridgehead atoms. The molecule has 132 valence electrons. The number of sulfone groups is 1. The first kappa shape index (κ1) is 18.7. The predicted octanol–water partition coefficient (Wildman–Crippen LogP) is 2.12. The van der Waals surface area contributed by atoms with Crippen LogP contribution >= 0.6 is 11.6 Å². The first-order chi connectivity index (χ1) is 11.3. The lowest BCUT2D eigenvalue weighted by molar-refractivity contribution is -0.144. The van der Waals surface area contributed by atoms with E-state index in [0.29, 0.717) is 30.7 Å². The molecule has 0 spiro atoms. The van der Waals surface area contributed by atoms with E-state index in [1.165, 1.54) is 24.3 Å². The molecule has 2 atom stereocenters. The Labute approximate surface area is 146 Å². The molecule has 1 aliphatic rings. The Morgan fingerprint density at radius 3 is 2.42 bits per heavy atom. The second-order valence-electron chi connectivity index (χ2n) is 5.96. The first-order valence-electron chi connectivity index (χ1n) is 7.78. The summed E-state index contributed by atoms with van der Waals surface area (Å²) in [7, 11) is -3.50. The zero-order chi connectivity index (χ0) is 17.7. The number of nitrogens with one attached hydrogen (secondary N) is 1. The van der Waals surface area contributed by atoms with Crippen molar-refractivity contribution in [2.45, 2.75) is 30.6 Å². The predicted molar refractivity (Wildman–Crippen MR) is 89.6 cm³/mol. The number of hydrogen-bond acceptors (Lipinski definition) is 4. The van der Waals surface area contributed by atoms with Crippen LogP contribution in [0.1, 0.15) is 25.7 Å². The van der Waals surface area contributed by atoms with E-state index in [1.54, 1.807) is 0 Å². The number of benzene rings is 1. The van der Waals surface area contributed by atoms with E-state index >= 15 is 0 Å². The summed E-state index contributed by atoms with van der Waals surface area (Å²) in [6.45, 7) is -0.00195. The van der Waals surface area contributed by atoms with Crippen molar-refractivity contribution < 1.29 is 23.1 Å². The summed E-state index contributed by atoms with van der Waals surface area (Å²) in [6, 6.07) is 5.86. The van der Waals surface area contributed by atoms with Crippen LogP contribution in [0, 0.1) is 11.8 Å². The minimum absolute atomic E-state index is 0.00195. The van der Waals surface area contributed by atoms with Crippen LogP contribution in [0.2, 0.25) is 5.02 Å². The van der Waals surface area contributed by atoms with Gasteiger partial charge in [0, 0.05) is 17.5 Å². The average molecular weight is 374 g/mol. The summed E-state index contributed by atoms with van der Waals surface area (Å²) in [5, 5.41) is 12.1. The molecule has 0 heterocycles. The molecule has 1 amide bonds. The SMILES string of the molecule is O=C(O)C1CCCC(C(=O)NCCS(=O)(=O)c2ccc(Cl)cc2)C1. The van der Waals surface area contributed by atoms with Crippen LogP contribution in [0.5, 0.6) is 0 Å². The maximum Gasteiger partial charge on any atom is 0.306 e. The molecule has 0 radical (unpaired) electrons. The number of rotatable bonds is 6. The Kier molecular flexibility index (Phi) is 6.23. The zero-order valence-corrected chi connectivity index (χ0v) is 14.6. The van der Waals surface area contributed by atoms with Gasteiger partial charge in [-0.1, -0.05) is 18.0 Å². The van der Waals surface area contributed by atoms with Crippen molar-refractivity contribution in [1.82, 2.24) is 5.32 Å². The van der Waals surface area contributed by atoms with Crippen molar-refractivity contribution >= 4 is 33.3 Å². The highest BCUT2D eigenvalue weighted by atomic mass is 35.5. The molecule has 2 N–H and O–H groups in total.